The molecule has 0 heterocycles. The molecule has 0 unspecified atom stereocenters. The molecule has 0 saturated carbocycles. The number of urea groups is 1. The van der Waals surface area contributed by atoms with E-state index in [1.54, 1.807) is 0 Å². The number of aliphatic carboxylic acids is 1. The summed E-state index contributed by atoms with van der Waals surface area (Å²) in [6, 6.07) is 0.710. The van der Waals surface area contributed by atoms with Crippen LogP contribution in [0.15, 0.2) is 6.07 Å². The fourth-order valence-electron chi connectivity index (χ4n) is 2.12. The van der Waals surface area contributed by atoms with E-state index >= 15 is 0 Å². The lowest BCUT2D eigenvalue weighted by atomic mass is 10.1. The van der Waals surface area contributed by atoms with Crippen LogP contribution in [0.5, 0.6) is 17.2 Å². The summed E-state index contributed by atoms with van der Waals surface area (Å²) >= 11 is 0. The Morgan fingerprint density at radius 1 is 1.08 bits per heavy atom. The fourth-order valence-corrected chi connectivity index (χ4v) is 2.12. The summed E-state index contributed by atoms with van der Waals surface area (Å²) < 4.78 is 20.4. The van der Waals surface area contributed by atoms with E-state index < -0.39 is 18.0 Å². The zero-order chi connectivity index (χ0) is 19.9. The van der Waals surface area contributed by atoms with Crippen LogP contribution in [0.1, 0.15) is 16.8 Å². The number of anilines is 1. The van der Waals surface area contributed by atoms with E-state index in [-0.39, 0.29) is 41.5 Å². The Bertz CT molecular complexity index is 689. The lowest BCUT2D eigenvalue weighted by Gasteiger charge is -2.22. The summed E-state index contributed by atoms with van der Waals surface area (Å²) in [5.41, 5.74) is 0.00570. The molecule has 26 heavy (non-hydrogen) atoms. The first-order valence-electron chi connectivity index (χ1n) is 7.45. The SMILES string of the molecule is COC(=O)c1cc(OC)c(OC)c(OC)c1NC(=O)N(C)CCC(=O)O. The molecule has 0 radical (unpaired) electrons. The topological polar surface area (TPSA) is 124 Å². The second kappa shape index (κ2) is 9.35. The number of hydrogen-bond donors (Lipinski definition) is 2. The third-order valence-electron chi connectivity index (χ3n) is 3.48. The Hall–Kier alpha value is -3.17. The van der Waals surface area contributed by atoms with Crippen molar-refractivity contribution >= 4 is 23.7 Å². The number of esters is 1. The number of carboxylic acids is 1. The van der Waals surface area contributed by atoms with Crippen LogP contribution in [0, 0.1) is 0 Å². The Morgan fingerprint density at radius 3 is 2.15 bits per heavy atom. The average Bonchev–Trinajstić information content (AvgIpc) is 2.64. The molecule has 0 bridgehead atoms. The summed E-state index contributed by atoms with van der Waals surface area (Å²) in [7, 11) is 6.71. The maximum absolute atomic E-state index is 12.4. The molecule has 0 aromatic heterocycles. The van der Waals surface area contributed by atoms with Crippen molar-refractivity contribution in [2.75, 3.05) is 47.3 Å². The molecule has 144 valence electrons. The van der Waals surface area contributed by atoms with Gasteiger partial charge in [-0.3, -0.25) is 4.79 Å². The molecule has 10 heteroatoms. The Morgan fingerprint density at radius 2 is 1.69 bits per heavy atom. The van der Waals surface area contributed by atoms with Crippen LogP contribution in [0.2, 0.25) is 0 Å². The molecule has 0 saturated heterocycles. The third kappa shape index (κ3) is 4.68. The van der Waals surface area contributed by atoms with Gasteiger partial charge in [0, 0.05) is 19.7 Å². The highest BCUT2D eigenvalue weighted by atomic mass is 16.5. The number of hydrogen-bond acceptors (Lipinski definition) is 7. The average molecular weight is 370 g/mol. The Kier molecular flexibility index (Phi) is 7.51. The van der Waals surface area contributed by atoms with E-state index in [2.05, 4.69) is 5.32 Å². The molecule has 0 aliphatic rings. The van der Waals surface area contributed by atoms with Crippen molar-refractivity contribution in [3.63, 3.8) is 0 Å². The minimum absolute atomic E-state index is 0.0121. The predicted octanol–water partition coefficient (Wildman–Crippen LogP) is 1.44. The highest BCUT2D eigenvalue weighted by Crippen LogP contribution is 2.45. The first kappa shape index (κ1) is 20.9. The van der Waals surface area contributed by atoms with Crippen molar-refractivity contribution in [1.82, 2.24) is 4.90 Å². The molecule has 1 aromatic rings. The molecule has 1 rings (SSSR count). The van der Waals surface area contributed by atoms with Gasteiger partial charge in [-0.1, -0.05) is 0 Å². The maximum atomic E-state index is 12.4. The van der Waals surface area contributed by atoms with E-state index in [9.17, 15) is 14.4 Å². The fraction of sp³-hybridized carbons (Fsp3) is 0.438. The zero-order valence-electron chi connectivity index (χ0n) is 15.2. The normalized spacial score (nSPS) is 9.88. The van der Waals surface area contributed by atoms with Gasteiger partial charge in [-0.15, -0.1) is 0 Å². The molecule has 0 atom stereocenters. The van der Waals surface area contributed by atoms with Crippen molar-refractivity contribution in [3.8, 4) is 17.2 Å². The first-order valence-corrected chi connectivity index (χ1v) is 7.45. The minimum atomic E-state index is -1.04. The van der Waals surface area contributed by atoms with Gasteiger partial charge in [0.2, 0.25) is 5.75 Å². The lowest BCUT2D eigenvalue weighted by molar-refractivity contribution is -0.137. The van der Waals surface area contributed by atoms with E-state index in [1.807, 2.05) is 0 Å². The number of ether oxygens (including phenoxy) is 4. The number of carboxylic acid groups (broad SMARTS) is 1. The smallest absolute Gasteiger partial charge is 0.340 e. The van der Waals surface area contributed by atoms with Gasteiger partial charge >= 0.3 is 18.0 Å². The molecule has 2 N–H and O–H groups in total. The van der Waals surface area contributed by atoms with Crippen LogP contribution in [-0.2, 0) is 9.53 Å². The lowest BCUT2D eigenvalue weighted by Crippen LogP contribution is -2.33. The highest BCUT2D eigenvalue weighted by Gasteiger charge is 2.27. The van der Waals surface area contributed by atoms with Crippen LogP contribution in [0.4, 0.5) is 10.5 Å². The quantitative estimate of drug-likeness (QED) is 0.659. The number of benzene rings is 1. The summed E-state index contributed by atoms with van der Waals surface area (Å²) in [5.74, 6) is -1.32. The molecule has 0 fully saturated rings. The Balaban J connectivity index is 3.35. The summed E-state index contributed by atoms with van der Waals surface area (Å²) in [6.07, 6.45) is -0.225. The zero-order valence-corrected chi connectivity index (χ0v) is 15.2. The highest BCUT2D eigenvalue weighted by molar-refractivity contribution is 6.04. The van der Waals surface area contributed by atoms with Gasteiger partial charge in [0.05, 0.1) is 40.4 Å². The summed E-state index contributed by atoms with van der Waals surface area (Å²) in [5, 5.41) is 11.2. The number of rotatable bonds is 8. The molecule has 0 aliphatic heterocycles. The molecular formula is C16H22N2O8. The maximum Gasteiger partial charge on any atom is 0.340 e. The van der Waals surface area contributed by atoms with Crippen molar-refractivity contribution in [2.24, 2.45) is 0 Å². The first-order chi connectivity index (χ1) is 12.3. The third-order valence-corrected chi connectivity index (χ3v) is 3.48. The predicted molar refractivity (Wildman–Crippen MR) is 91.3 cm³/mol. The van der Waals surface area contributed by atoms with Gasteiger partial charge in [-0.2, -0.15) is 0 Å². The second-order valence-electron chi connectivity index (χ2n) is 5.05. The van der Waals surface area contributed by atoms with Crippen LogP contribution in [0.3, 0.4) is 0 Å². The van der Waals surface area contributed by atoms with Gasteiger partial charge in [0.1, 0.15) is 5.69 Å². The standard InChI is InChI=1S/C16H22N2O8/c1-18(7-6-11(19)20)16(22)17-12-9(15(21)26-5)8-10(23-2)13(24-3)14(12)25-4/h8H,6-7H2,1-5H3,(H,17,22)(H,19,20). The number of carbonyl (C=O) groups excluding carboxylic acids is 2. The van der Waals surface area contributed by atoms with Gasteiger partial charge in [-0.25, -0.2) is 9.59 Å². The number of carbonyl (C=O) groups is 3. The number of methoxy groups -OCH3 is 4. The molecule has 1 aromatic carbocycles. The molecule has 0 spiro atoms. The van der Waals surface area contributed by atoms with Gasteiger partial charge in [0.25, 0.3) is 0 Å². The number of amides is 2. The monoisotopic (exact) mass is 370 g/mol. The van der Waals surface area contributed by atoms with Gasteiger partial charge < -0.3 is 34.3 Å². The summed E-state index contributed by atoms with van der Waals surface area (Å²) in [4.78, 5) is 36.3. The van der Waals surface area contributed by atoms with Gasteiger partial charge in [-0.05, 0) is 0 Å². The van der Waals surface area contributed by atoms with Crippen LogP contribution >= 0.6 is 0 Å². The Labute approximate surface area is 150 Å². The summed E-state index contributed by atoms with van der Waals surface area (Å²) in [6.45, 7) is -0.0235. The van der Waals surface area contributed by atoms with E-state index in [0.717, 1.165) is 4.90 Å². The van der Waals surface area contributed by atoms with Crippen molar-refractivity contribution in [1.29, 1.82) is 0 Å². The minimum Gasteiger partial charge on any atom is -0.493 e. The second-order valence-corrected chi connectivity index (χ2v) is 5.05. The van der Waals surface area contributed by atoms with E-state index in [1.165, 1.54) is 41.6 Å². The van der Waals surface area contributed by atoms with E-state index in [4.69, 9.17) is 24.1 Å². The van der Waals surface area contributed by atoms with Crippen LogP contribution in [0.25, 0.3) is 0 Å². The van der Waals surface area contributed by atoms with Crippen molar-refractivity contribution in [3.05, 3.63) is 11.6 Å². The largest absolute Gasteiger partial charge is 0.493 e. The van der Waals surface area contributed by atoms with Crippen molar-refractivity contribution in [2.45, 2.75) is 6.42 Å². The number of nitrogens with zero attached hydrogens (tertiary/aromatic N) is 1. The van der Waals surface area contributed by atoms with Crippen molar-refractivity contribution < 1.29 is 38.4 Å². The van der Waals surface area contributed by atoms with Gasteiger partial charge in [0.15, 0.2) is 11.5 Å². The van der Waals surface area contributed by atoms with Crippen LogP contribution in [-0.4, -0.2) is 70.0 Å². The number of nitrogens with one attached hydrogen (secondary N) is 1. The molecular weight excluding hydrogens is 348 g/mol. The molecule has 2 amide bonds. The molecule has 0 aliphatic carbocycles. The molecule has 10 nitrogen and oxygen atoms in total. The van der Waals surface area contributed by atoms with E-state index in [0.29, 0.717) is 0 Å². The van der Waals surface area contributed by atoms with Crippen LogP contribution < -0.4 is 19.5 Å².